The van der Waals surface area contributed by atoms with E-state index in [0.29, 0.717) is 5.56 Å². The summed E-state index contributed by atoms with van der Waals surface area (Å²) in [6.45, 7) is 0. The quantitative estimate of drug-likeness (QED) is 0.627. The highest BCUT2D eigenvalue weighted by molar-refractivity contribution is 9.09. The number of Topliss-reactive ketones (excluding diaryl/α,β-unsaturated/α-hetero) is 1. The molecule has 0 saturated heterocycles. The molecule has 1 rings (SSSR count). The van der Waals surface area contributed by atoms with Crippen molar-refractivity contribution in [3.63, 3.8) is 0 Å². The predicted octanol–water partition coefficient (Wildman–Crippen LogP) is 1.68. The number of benzene rings is 1. The summed E-state index contributed by atoms with van der Waals surface area (Å²) in [4.78, 5) is 11.6. The molecule has 0 unspecified atom stereocenters. The van der Waals surface area contributed by atoms with Crippen molar-refractivity contribution in [2.24, 2.45) is 0 Å². The number of halogens is 1. The van der Waals surface area contributed by atoms with E-state index in [1.165, 1.54) is 25.3 Å². The summed E-state index contributed by atoms with van der Waals surface area (Å²) >= 11 is 3.05. The molecule has 0 N–H and O–H groups in total. The van der Waals surface area contributed by atoms with Crippen LogP contribution < -0.4 is 4.74 Å². The van der Waals surface area contributed by atoms with Crippen LogP contribution in [0.3, 0.4) is 0 Å². The second kappa shape index (κ2) is 4.97. The van der Waals surface area contributed by atoms with Gasteiger partial charge in [0.15, 0.2) is 15.6 Å². The molecular formula is C10H11BrO4S. The highest BCUT2D eigenvalue weighted by Crippen LogP contribution is 2.23. The largest absolute Gasteiger partial charge is 0.496 e. The first-order valence-electron chi connectivity index (χ1n) is 4.37. The van der Waals surface area contributed by atoms with Gasteiger partial charge in [-0.2, -0.15) is 0 Å². The minimum absolute atomic E-state index is 0.135. The third-order valence-corrected chi connectivity index (χ3v) is 3.64. The lowest BCUT2D eigenvalue weighted by Crippen LogP contribution is -2.05. The Balaban J connectivity index is 3.33. The molecule has 0 fully saturated rings. The van der Waals surface area contributed by atoms with Crippen LogP contribution in [0.15, 0.2) is 23.1 Å². The van der Waals surface area contributed by atoms with Gasteiger partial charge in [-0.25, -0.2) is 8.42 Å². The van der Waals surface area contributed by atoms with Crippen LogP contribution in [0.25, 0.3) is 0 Å². The molecule has 1 aromatic carbocycles. The van der Waals surface area contributed by atoms with Gasteiger partial charge in [-0.3, -0.25) is 4.79 Å². The van der Waals surface area contributed by atoms with Gasteiger partial charge in [0.25, 0.3) is 0 Å². The Morgan fingerprint density at radius 3 is 2.50 bits per heavy atom. The van der Waals surface area contributed by atoms with E-state index in [0.717, 1.165) is 6.26 Å². The molecule has 6 heteroatoms. The molecule has 0 spiro atoms. The van der Waals surface area contributed by atoms with E-state index >= 15 is 0 Å². The monoisotopic (exact) mass is 306 g/mol. The summed E-state index contributed by atoms with van der Waals surface area (Å²) in [5, 5.41) is 0.168. The molecule has 0 heterocycles. The molecule has 0 bridgehead atoms. The Labute approximate surface area is 103 Å². The summed E-state index contributed by atoms with van der Waals surface area (Å²) in [6, 6.07) is 4.21. The first-order valence-corrected chi connectivity index (χ1v) is 7.38. The zero-order valence-electron chi connectivity index (χ0n) is 8.86. The average molecular weight is 307 g/mol. The minimum atomic E-state index is -3.29. The normalized spacial score (nSPS) is 11.2. The van der Waals surface area contributed by atoms with Crippen molar-refractivity contribution < 1.29 is 17.9 Å². The number of ketones is 1. The summed E-state index contributed by atoms with van der Waals surface area (Å²) < 4.78 is 27.6. The molecule has 0 aliphatic heterocycles. The first kappa shape index (κ1) is 13.2. The number of ether oxygens (including phenoxy) is 1. The molecule has 4 nitrogen and oxygen atoms in total. The van der Waals surface area contributed by atoms with Gasteiger partial charge in [0.1, 0.15) is 5.75 Å². The lowest BCUT2D eigenvalue weighted by atomic mass is 10.1. The van der Waals surface area contributed by atoms with Gasteiger partial charge in [-0.15, -0.1) is 0 Å². The zero-order valence-corrected chi connectivity index (χ0v) is 11.3. The van der Waals surface area contributed by atoms with E-state index in [-0.39, 0.29) is 21.8 Å². The van der Waals surface area contributed by atoms with Gasteiger partial charge in [0.05, 0.1) is 22.9 Å². The first-order chi connectivity index (χ1) is 7.40. The summed E-state index contributed by atoms with van der Waals surface area (Å²) in [6.07, 6.45) is 1.10. The van der Waals surface area contributed by atoms with Gasteiger partial charge in [0.2, 0.25) is 0 Å². The van der Waals surface area contributed by atoms with Crippen LogP contribution in [-0.2, 0) is 9.84 Å². The maximum absolute atomic E-state index is 11.5. The third kappa shape index (κ3) is 2.82. The summed E-state index contributed by atoms with van der Waals surface area (Å²) in [7, 11) is -1.89. The van der Waals surface area contributed by atoms with Crippen LogP contribution >= 0.6 is 15.9 Å². The fourth-order valence-electron chi connectivity index (χ4n) is 1.20. The topological polar surface area (TPSA) is 60.4 Å². The van der Waals surface area contributed by atoms with E-state index < -0.39 is 9.84 Å². The smallest absolute Gasteiger partial charge is 0.177 e. The highest BCUT2D eigenvalue weighted by Gasteiger charge is 2.15. The number of carbonyl (C=O) groups is 1. The molecule has 0 amide bonds. The number of hydrogen-bond acceptors (Lipinski definition) is 4. The number of hydrogen-bond donors (Lipinski definition) is 0. The lowest BCUT2D eigenvalue weighted by molar-refractivity contribution is 0.102. The van der Waals surface area contributed by atoms with Crippen LogP contribution in [-0.4, -0.2) is 32.9 Å². The Morgan fingerprint density at radius 2 is 2.06 bits per heavy atom. The van der Waals surface area contributed by atoms with Crippen molar-refractivity contribution >= 4 is 31.6 Å². The van der Waals surface area contributed by atoms with E-state index in [4.69, 9.17) is 4.74 Å². The SMILES string of the molecule is COc1cc(S(C)(=O)=O)ccc1C(=O)CBr. The maximum Gasteiger partial charge on any atom is 0.177 e. The highest BCUT2D eigenvalue weighted by atomic mass is 79.9. The molecule has 0 aliphatic rings. The summed E-state index contributed by atoms with van der Waals surface area (Å²) in [5.74, 6) is 0.115. The molecule has 0 aliphatic carbocycles. The summed E-state index contributed by atoms with van der Waals surface area (Å²) in [5.41, 5.74) is 0.367. The molecule has 1 aromatic rings. The fourth-order valence-corrected chi connectivity index (χ4v) is 2.14. The lowest BCUT2D eigenvalue weighted by Gasteiger charge is -2.08. The van der Waals surface area contributed by atoms with Crippen LogP contribution in [0.4, 0.5) is 0 Å². The van der Waals surface area contributed by atoms with E-state index in [9.17, 15) is 13.2 Å². The molecule has 0 saturated carbocycles. The van der Waals surface area contributed by atoms with E-state index in [1.807, 2.05) is 0 Å². The van der Waals surface area contributed by atoms with Gasteiger partial charge < -0.3 is 4.74 Å². The molecular weight excluding hydrogens is 296 g/mol. The standard InChI is InChI=1S/C10H11BrO4S/c1-15-10-5-7(16(2,13)14)3-4-8(10)9(12)6-11/h3-5H,6H2,1-2H3. The Morgan fingerprint density at radius 1 is 1.44 bits per heavy atom. The van der Waals surface area contributed by atoms with Crippen molar-refractivity contribution in [1.29, 1.82) is 0 Å². The number of alkyl halides is 1. The number of sulfone groups is 1. The van der Waals surface area contributed by atoms with Gasteiger partial charge in [-0.05, 0) is 18.2 Å². The maximum atomic E-state index is 11.5. The van der Waals surface area contributed by atoms with Gasteiger partial charge in [-0.1, -0.05) is 15.9 Å². The Kier molecular flexibility index (Phi) is 4.09. The molecule has 0 atom stereocenters. The van der Waals surface area contributed by atoms with Crippen molar-refractivity contribution in [3.05, 3.63) is 23.8 Å². The number of rotatable bonds is 4. The molecule has 0 radical (unpaired) electrons. The average Bonchev–Trinajstić information content (AvgIpc) is 2.26. The fraction of sp³-hybridized carbons (Fsp3) is 0.300. The molecule has 0 aromatic heterocycles. The number of methoxy groups -OCH3 is 1. The van der Waals surface area contributed by atoms with Crippen molar-refractivity contribution in [2.45, 2.75) is 4.90 Å². The van der Waals surface area contributed by atoms with Crippen LogP contribution in [0, 0.1) is 0 Å². The Bertz CT molecular complexity index is 508. The van der Waals surface area contributed by atoms with Crippen LogP contribution in [0.2, 0.25) is 0 Å². The van der Waals surface area contributed by atoms with E-state index in [2.05, 4.69) is 15.9 Å². The van der Waals surface area contributed by atoms with E-state index in [1.54, 1.807) is 0 Å². The second-order valence-corrected chi connectivity index (χ2v) is 5.77. The molecule has 16 heavy (non-hydrogen) atoms. The van der Waals surface area contributed by atoms with Crippen molar-refractivity contribution in [3.8, 4) is 5.75 Å². The van der Waals surface area contributed by atoms with Crippen LogP contribution in [0.1, 0.15) is 10.4 Å². The molecule has 88 valence electrons. The second-order valence-electron chi connectivity index (χ2n) is 3.19. The third-order valence-electron chi connectivity index (χ3n) is 2.02. The van der Waals surface area contributed by atoms with Gasteiger partial charge >= 0.3 is 0 Å². The zero-order chi connectivity index (χ0) is 12.3. The van der Waals surface area contributed by atoms with Crippen LogP contribution in [0.5, 0.6) is 5.75 Å². The van der Waals surface area contributed by atoms with Crippen molar-refractivity contribution in [2.75, 3.05) is 18.7 Å². The predicted molar refractivity (Wildman–Crippen MR) is 64.2 cm³/mol. The number of carbonyl (C=O) groups excluding carboxylic acids is 1. The minimum Gasteiger partial charge on any atom is -0.496 e. The Hall–Kier alpha value is -0.880. The van der Waals surface area contributed by atoms with Gasteiger partial charge in [0, 0.05) is 6.26 Å². The van der Waals surface area contributed by atoms with Crippen molar-refractivity contribution in [1.82, 2.24) is 0 Å².